The molecule has 0 radical (unpaired) electrons. The van der Waals surface area contributed by atoms with Crippen LogP contribution in [0.25, 0.3) is 22.3 Å². The molecule has 0 atom stereocenters. The predicted molar refractivity (Wildman–Crippen MR) is 151 cm³/mol. The minimum absolute atomic E-state index is 0.323. The number of nitrogens with zero attached hydrogens (tertiary/aromatic N) is 1. The lowest BCUT2D eigenvalue weighted by atomic mass is 9.70. The summed E-state index contributed by atoms with van der Waals surface area (Å²) in [6.45, 7) is 2.11. The van der Waals surface area contributed by atoms with Crippen LogP contribution in [0.4, 0.5) is 17.1 Å². The molecule has 36 heavy (non-hydrogen) atoms. The van der Waals surface area contributed by atoms with E-state index < -0.39 is 0 Å². The molecule has 2 nitrogen and oxygen atoms in total. The summed E-state index contributed by atoms with van der Waals surface area (Å²) in [5.41, 5.74) is 13.4. The van der Waals surface area contributed by atoms with Gasteiger partial charge in [0, 0.05) is 17.5 Å². The van der Waals surface area contributed by atoms with Crippen LogP contribution >= 0.6 is 0 Å². The van der Waals surface area contributed by atoms with Gasteiger partial charge in [0.2, 0.25) is 0 Å². The third-order valence-electron chi connectivity index (χ3n) is 7.61. The Balaban J connectivity index is 1.51. The van der Waals surface area contributed by atoms with E-state index in [1.165, 1.54) is 44.5 Å². The Hall–Kier alpha value is -4.43. The van der Waals surface area contributed by atoms with E-state index >= 15 is 0 Å². The van der Waals surface area contributed by atoms with Crippen LogP contribution in [0, 0.1) is 0 Å². The first-order valence-corrected chi connectivity index (χ1v) is 12.7. The highest BCUT2D eigenvalue weighted by molar-refractivity contribution is 5.99. The van der Waals surface area contributed by atoms with Gasteiger partial charge in [0.25, 0.3) is 0 Å². The van der Waals surface area contributed by atoms with E-state index in [0.717, 1.165) is 23.5 Å². The largest absolute Gasteiger partial charge is 0.353 e. The molecule has 0 unspecified atom stereocenters. The zero-order chi connectivity index (χ0) is 24.1. The van der Waals surface area contributed by atoms with Crippen molar-refractivity contribution < 1.29 is 0 Å². The molecule has 5 aromatic rings. The summed E-state index contributed by atoms with van der Waals surface area (Å²) in [6.07, 6.45) is 2.87. The number of benzene rings is 5. The SMILES string of the molecule is CC/C=N/c1ccccc1Nc1cccc2c1-c1ccccc1C21c2ccccc2-c2ccccc21. The lowest BCUT2D eigenvalue weighted by Gasteiger charge is -2.30. The van der Waals surface area contributed by atoms with Crippen molar-refractivity contribution >= 4 is 23.3 Å². The molecule has 0 fully saturated rings. The zero-order valence-electron chi connectivity index (χ0n) is 20.2. The zero-order valence-corrected chi connectivity index (χ0v) is 20.2. The van der Waals surface area contributed by atoms with Gasteiger partial charge >= 0.3 is 0 Å². The van der Waals surface area contributed by atoms with Crippen LogP contribution in [0.5, 0.6) is 0 Å². The van der Waals surface area contributed by atoms with Crippen LogP contribution in [0.3, 0.4) is 0 Å². The summed E-state index contributed by atoms with van der Waals surface area (Å²) in [5.74, 6) is 0. The second-order valence-electron chi connectivity index (χ2n) is 9.48. The average molecular weight is 463 g/mol. The monoisotopic (exact) mass is 462 g/mol. The Morgan fingerprint density at radius 3 is 1.81 bits per heavy atom. The van der Waals surface area contributed by atoms with Crippen LogP contribution in [0.15, 0.2) is 120 Å². The van der Waals surface area contributed by atoms with Gasteiger partial charge in [-0.25, -0.2) is 0 Å². The lowest BCUT2D eigenvalue weighted by molar-refractivity contribution is 0.794. The van der Waals surface area contributed by atoms with Gasteiger partial charge in [0.1, 0.15) is 0 Å². The average Bonchev–Trinajstić information content (AvgIpc) is 3.41. The van der Waals surface area contributed by atoms with Gasteiger partial charge in [0.05, 0.1) is 16.8 Å². The molecule has 2 heteroatoms. The molecule has 0 heterocycles. The second kappa shape index (κ2) is 8.07. The number of para-hydroxylation sites is 2. The van der Waals surface area contributed by atoms with Crippen LogP contribution < -0.4 is 5.32 Å². The molecule has 7 rings (SSSR count). The summed E-state index contributed by atoms with van der Waals surface area (Å²) >= 11 is 0. The highest BCUT2D eigenvalue weighted by Gasteiger charge is 2.51. The Kier molecular flexibility index (Phi) is 4.68. The van der Waals surface area contributed by atoms with Crippen LogP contribution in [-0.4, -0.2) is 6.21 Å². The minimum atomic E-state index is -0.323. The van der Waals surface area contributed by atoms with Crippen molar-refractivity contribution in [3.63, 3.8) is 0 Å². The first-order chi connectivity index (χ1) is 17.8. The van der Waals surface area contributed by atoms with E-state index in [4.69, 9.17) is 4.99 Å². The first kappa shape index (κ1) is 20.9. The van der Waals surface area contributed by atoms with Gasteiger partial charge in [-0.3, -0.25) is 4.99 Å². The number of hydrogen-bond donors (Lipinski definition) is 1. The fourth-order valence-corrected chi connectivity index (χ4v) is 6.27. The van der Waals surface area contributed by atoms with E-state index in [2.05, 4.69) is 121 Å². The van der Waals surface area contributed by atoms with Crippen molar-refractivity contribution in [2.24, 2.45) is 4.99 Å². The summed E-state index contributed by atoms with van der Waals surface area (Å²) in [7, 11) is 0. The van der Waals surface area contributed by atoms with Crippen molar-refractivity contribution in [1.82, 2.24) is 0 Å². The van der Waals surface area contributed by atoms with E-state index in [0.29, 0.717) is 0 Å². The van der Waals surface area contributed by atoms with Crippen LogP contribution in [0.1, 0.15) is 35.6 Å². The molecule has 2 aliphatic carbocycles. The Morgan fingerprint density at radius 1 is 0.583 bits per heavy atom. The number of nitrogens with one attached hydrogen (secondary N) is 1. The van der Waals surface area contributed by atoms with Gasteiger partial charge in [-0.15, -0.1) is 0 Å². The summed E-state index contributed by atoms with van der Waals surface area (Å²) in [4.78, 5) is 4.70. The fraction of sp³-hybridized carbons (Fsp3) is 0.0882. The van der Waals surface area contributed by atoms with Crippen molar-refractivity contribution in [2.75, 3.05) is 5.32 Å². The van der Waals surface area contributed by atoms with E-state index in [1.54, 1.807) is 0 Å². The molecule has 0 saturated heterocycles. The third kappa shape index (κ3) is 2.76. The van der Waals surface area contributed by atoms with Gasteiger partial charge in [-0.05, 0) is 63.6 Å². The Labute approximate surface area is 212 Å². The molecule has 0 bridgehead atoms. The molecule has 172 valence electrons. The normalized spacial score (nSPS) is 13.9. The number of hydrogen-bond acceptors (Lipinski definition) is 2. The number of fused-ring (bicyclic) bond motifs is 10. The van der Waals surface area contributed by atoms with Gasteiger partial charge in [-0.1, -0.05) is 104 Å². The summed E-state index contributed by atoms with van der Waals surface area (Å²) < 4.78 is 0. The fourth-order valence-electron chi connectivity index (χ4n) is 6.27. The Morgan fingerprint density at radius 2 is 1.11 bits per heavy atom. The van der Waals surface area contributed by atoms with Crippen molar-refractivity contribution in [2.45, 2.75) is 18.8 Å². The molecule has 2 aliphatic rings. The van der Waals surface area contributed by atoms with Crippen LogP contribution in [-0.2, 0) is 5.41 Å². The maximum atomic E-state index is 4.70. The first-order valence-electron chi connectivity index (χ1n) is 12.7. The van der Waals surface area contributed by atoms with E-state index in [-0.39, 0.29) is 5.41 Å². The molecule has 0 saturated carbocycles. The van der Waals surface area contributed by atoms with E-state index in [1.807, 2.05) is 12.3 Å². The molecule has 1 N–H and O–H groups in total. The maximum Gasteiger partial charge on any atom is 0.0860 e. The molecule has 1 spiro atoms. The molecule has 0 amide bonds. The highest BCUT2D eigenvalue weighted by atomic mass is 14.9. The number of anilines is 2. The predicted octanol–water partition coefficient (Wildman–Crippen LogP) is 8.89. The standard InChI is InChI=1S/C34H26N2/c1-2-22-35-30-19-9-10-20-31(30)36-32-21-11-18-29-33(32)25-14-5-8-17-28(25)34(29)26-15-6-3-12-23(26)24-13-4-7-16-27(24)34/h3-22,36H,2H2,1H3/b35-22+. The maximum absolute atomic E-state index is 4.70. The molecule has 0 aliphatic heterocycles. The van der Waals surface area contributed by atoms with Gasteiger partial charge in [-0.2, -0.15) is 0 Å². The molecule has 5 aromatic carbocycles. The summed E-state index contributed by atoms with van der Waals surface area (Å²) in [5, 5.41) is 3.76. The second-order valence-corrected chi connectivity index (χ2v) is 9.48. The van der Waals surface area contributed by atoms with Crippen molar-refractivity contribution in [3.05, 3.63) is 138 Å². The molecular formula is C34H26N2. The number of aliphatic imine (C=N–C) groups is 1. The van der Waals surface area contributed by atoms with Crippen molar-refractivity contribution in [1.29, 1.82) is 0 Å². The molecule has 0 aromatic heterocycles. The van der Waals surface area contributed by atoms with Gasteiger partial charge < -0.3 is 5.32 Å². The minimum Gasteiger partial charge on any atom is -0.353 e. The van der Waals surface area contributed by atoms with Gasteiger partial charge in [0.15, 0.2) is 0 Å². The van der Waals surface area contributed by atoms with Crippen molar-refractivity contribution in [3.8, 4) is 22.3 Å². The topological polar surface area (TPSA) is 24.4 Å². The third-order valence-corrected chi connectivity index (χ3v) is 7.61. The van der Waals surface area contributed by atoms with Crippen LogP contribution in [0.2, 0.25) is 0 Å². The highest BCUT2D eigenvalue weighted by Crippen LogP contribution is 2.63. The lowest BCUT2D eigenvalue weighted by Crippen LogP contribution is -2.25. The molecular weight excluding hydrogens is 436 g/mol. The quantitative estimate of drug-likeness (QED) is 0.260. The van der Waals surface area contributed by atoms with E-state index in [9.17, 15) is 0 Å². The smallest absolute Gasteiger partial charge is 0.0860 e. The number of rotatable bonds is 4. The Bertz CT molecular complexity index is 1610. The summed E-state index contributed by atoms with van der Waals surface area (Å²) in [6, 6.07) is 41.8.